The Morgan fingerprint density at radius 3 is 2.55 bits per heavy atom. The molecule has 3 N–H and O–H groups in total. The second-order valence-corrected chi connectivity index (χ2v) is 5.54. The van der Waals surface area contributed by atoms with Crippen LogP contribution >= 0.6 is 12.4 Å². The highest BCUT2D eigenvalue weighted by Crippen LogP contribution is 2.22. The Morgan fingerprint density at radius 2 is 2.00 bits per heavy atom. The molecule has 1 fully saturated rings. The SMILES string of the molecule is CCc1ccc(C(=O)NC2CCC(N)CC2)cc1[N+](=O)[O-].Cl. The van der Waals surface area contributed by atoms with Crippen LogP contribution in [0, 0.1) is 10.1 Å². The van der Waals surface area contributed by atoms with Crippen LogP contribution in [0.15, 0.2) is 18.2 Å². The first-order chi connectivity index (χ1) is 10.0. The lowest BCUT2D eigenvalue weighted by Crippen LogP contribution is -2.40. The Labute approximate surface area is 136 Å². The third-order valence-electron chi connectivity index (χ3n) is 4.03. The minimum atomic E-state index is -0.435. The quantitative estimate of drug-likeness (QED) is 0.656. The third kappa shape index (κ3) is 4.42. The highest BCUT2D eigenvalue weighted by Gasteiger charge is 2.22. The van der Waals surface area contributed by atoms with Crippen LogP contribution in [0.3, 0.4) is 0 Å². The average Bonchev–Trinajstić information content (AvgIpc) is 2.48. The molecule has 0 saturated heterocycles. The molecule has 6 nitrogen and oxygen atoms in total. The van der Waals surface area contributed by atoms with Gasteiger partial charge >= 0.3 is 0 Å². The van der Waals surface area contributed by atoms with E-state index in [1.165, 1.54) is 6.07 Å². The van der Waals surface area contributed by atoms with Gasteiger partial charge in [-0.05, 0) is 38.2 Å². The van der Waals surface area contributed by atoms with E-state index < -0.39 is 4.92 Å². The van der Waals surface area contributed by atoms with E-state index in [9.17, 15) is 14.9 Å². The Balaban J connectivity index is 0.00000242. The van der Waals surface area contributed by atoms with Crippen molar-refractivity contribution in [2.75, 3.05) is 0 Å². The molecule has 0 bridgehead atoms. The molecule has 0 spiro atoms. The molecule has 0 unspecified atom stereocenters. The van der Waals surface area contributed by atoms with Crippen LogP contribution in [0.5, 0.6) is 0 Å². The van der Waals surface area contributed by atoms with Crippen molar-refractivity contribution < 1.29 is 9.72 Å². The Hall–Kier alpha value is -1.66. The van der Waals surface area contributed by atoms with Crippen LogP contribution in [0.2, 0.25) is 0 Å². The fourth-order valence-electron chi connectivity index (χ4n) is 2.71. The topological polar surface area (TPSA) is 98.3 Å². The maximum Gasteiger partial charge on any atom is 0.273 e. The molecular weight excluding hydrogens is 306 g/mol. The minimum absolute atomic E-state index is 0. The predicted molar refractivity (Wildman–Crippen MR) is 87.4 cm³/mol. The van der Waals surface area contributed by atoms with Gasteiger partial charge in [-0.2, -0.15) is 0 Å². The molecule has 0 heterocycles. The fraction of sp³-hybridized carbons (Fsp3) is 0.533. The molecule has 22 heavy (non-hydrogen) atoms. The lowest BCUT2D eigenvalue weighted by atomic mass is 9.91. The summed E-state index contributed by atoms with van der Waals surface area (Å²) >= 11 is 0. The van der Waals surface area contributed by atoms with Gasteiger partial charge in [0.2, 0.25) is 0 Å². The number of amides is 1. The van der Waals surface area contributed by atoms with Crippen LogP contribution in [0.1, 0.15) is 48.5 Å². The van der Waals surface area contributed by atoms with Crippen molar-refractivity contribution in [3.8, 4) is 0 Å². The number of aryl methyl sites for hydroxylation is 1. The summed E-state index contributed by atoms with van der Waals surface area (Å²) in [5.74, 6) is -0.249. The number of nitrogens with one attached hydrogen (secondary N) is 1. The first-order valence-corrected chi connectivity index (χ1v) is 7.35. The van der Waals surface area contributed by atoms with E-state index in [2.05, 4.69) is 5.32 Å². The van der Waals surface area contributed by atoms with Crippen LogP contribution < -0.4 is 11.1 Å². The zero-order valence-corrected chi connectivity index (χ0v) is 13.4. The largest absolute Gasteiger partial charge is 0.349 e. The van der Waals surface area contributed by atoms with Gasteiger partial charge in [-0.15, -0.1) is 12.4 Å². The highest BCUT2D eigenvalue weighted by atomic mass is 35.5. The highest BCUT2D eigenvalue weighted by molar-refractivity contribution is 5.95. The van der Waals surface area contributed by atoms with Crippen molar-refractivity contribution in [3.63, 3.8) is 0 Å². The van der Waals surface area contributed by atoms with Gasteiger partial charge in [0, 0.05) is 29.3 Å². The van der Waals surface area contributed by atoms with Crippen LogP contribution in [0.4, 0.5) is 5.69 Å². The van der Waals surface area contributed by atoms with E-state index in [4.69, 9.17) is 5.73 Å². The smallest absolute Gasteiger partial charge is 0.273 e. The number of nitro benzene ring substituents is 1. The van der Waals surface area contributed by atoms with E-state index in [0.29, 0.717) is 17.5 Å². The maximum atomic E-state index is 12.2. The fourth-order valence-corrected chi connectivity index (χ4v) is 2.71. The van der Waals surface area contributed by atoms with Gasteiger partial charge < -0.3 is 11.1 Å². The third-order valence-corrected chi connectivity index (χ3v) is 4.03. The molecule has 1 amide bonds. The molecule has 0 radical (unpaired) electrons. The summed E-state index contributed by atoms with van der Waals surface area (Å²) in [7, 11) is 0. The molecule has 1 aromatic rings. The summed E-state index contributed by atoms with van der Waals surface area (Å²) < 4.78 is 0. The first kappa shape index (κ1) is 18.4. The Morgan fingerprint density at radius 1 is 1.36 bits per heavy atom. The summed E-state index contributed by atoms with van der Waals surface area (Å²) in [6, 6.07) is 5.01. The number of nitro groups is 1. The zero-order valence-electron chi connectivity index (χ0n) is 12.6. The van der Waals surface area contributed by atoms with E-state index in [1.54, 1.807) is 12.1 Å². The number of carbonyl (C=O) groups is 1. The predicted octanol–water partition coefficient (Wildman–Crippen LogP) is 2.58. The lowest BCUT2D eigenvalue weighted by molar-refractivity contribution is -0.385. The molecule has 2 rings (SSSR count). The Bertz CT molecular complexity index is 543. The second kappa shape index (κ2) is 8.10. The van der Waals surface area contributed by atoms with Crippen LogP contribution in [-0.2, 0) is 6.42 Å². The van der Waals surface area contributed by atoms with Crippen LogP contribution in [-0.4, -0.2) is 22.9 Å². The van der Waals surface area contributed by atoms with E-state index in [-0.39, 0.29) is 36.1 Å². The Kier molecular flexibility index (Phi) is 6.77. The molecule has 1 saturated carbocycles. The average molecular weight is 328 g/mol. The number of rotatable bonds is 4. The molecule has 1 aromatic carbocycles. The zero-order chi connectivity index (χ0) is 15.4. The molecule has 122 valence electrons. The van der Waals surface area contributed by atoms with Crippen LogP contribution in [0.25, 0.3) is 0 Å². The number of halogens is 1. The minimum Gasteiger partial charge on any atom is -0.349 e. The molecule has 0 aromatic heterocycles. The van der Waals surface area contributed by atoms with E-state index >= 15 is 0 Å². The maximum absolute atomic E-state index is 12.2. The van der Waals surface area contributed by atoms with Crippen molar-refractivity contribution in [1.82, 2.24) is 5.32 Å². The molecule has 1 aliphatic rings. The molecule has 0 aliphatic heterocycles. The van der Waals surface area contributed by atoms with E-state index in [1.807, 2.05) is 6.92 Å². The number of nitrogens with zero attached hydrogens (tertiary/aromatic N) is 1. The van der Waals surface area contributed by atoms with Gasteiger partial charge in [0.15, 0.2) is 0 Å². The number of nitrogens with two attached hydrogens (primary N) is 1. The molecule has 7 heteroatoms. The van der Waals surface area contributed by atoms with Gasteiger partial charge in [-0.1, -0.05) is 13.0 Å². The summed E-state index contributed by atoms with van der Waals surface area (Å²) in [6.45, 7) is 1.85. The van der Waals surface area contributed by atoms with Gasteiger partial charge in [0.05, 0.1) is 4.92 Å². The number of hydrogen-bond acceptors (Lipinski definition) is 4. The molecule has 1 aliphatic carbocycles. The van der Waals surface area contributed by atoms with Crippen molar-refractivity contribution in [2.24, 2.45) is 5.73 Å². The summed E-state index contributed by atoms with van der Waals surface area (Å²) in [4.78, 5) is 22.8. The molecule has 0 atom stereocenters. The van der Waals surface area contributed by atoms with Crippen molar-refractivity contribution in [3.05, 3.63) is 39.4 Å². The van der Waals surface area contributed by atoms with Crippen molar-refractivity contribution >= 4 is 24.0 Å². The van der Waals surface area contributed by atoms with Gasteiger partial charge in [-0.25, -0.2) is 0 Å². The standard InChI is InChI=1S/C15H21N3O3.ClH/c1-2-10-3-4-11(9-14(10)18(20)21)15(19)17-13-7-5-12(16)6-8-13;/h3-4,9,12-13H,2,5-8,16H2,1H3,(H,17,19);1H. The second-order valence-electron chi connectivity index (χ2n) is 5.54. The summed E-state index contributed by atoms with van der Waals surface area (Å²) in [6.07, 6.45) is 4.10. The van der Waals surface area contributed by atoms with Crippen molar-refractivity contribution in [2.45, 2.75) is 51.1 Å². The first-order valence-electron chi connectivity index (χ1n) is 7.35. The summed E-state index contributed by atoms with van der Waals surface area (Å²) in [5, 5.41) is 14.0. The van der Waals surface area contributed by atoms with Gasteiger partial charge in [0.25, 0.3) is 11.6 Å². The normalized spacial score (nSPS) is 20.8. The van der Waals surface area contributed by atoms with Crippen molar-refractivity contribution in [1.29, 1.82) is 0 Å². The summed E-state index contributed by atoms with van der Waals surface area (Å²) in [5.41, 5.74) is 6.83. The number of hydrogen-bond donors (Lipinski definition) is 2. The number of benzene rings is 1. The number of carbonyl (C=O) groups excluding carboxylic acids is 1. The van der Waals surface area contributed by atoms with Gasteiger partial charge in [0.1, 0.15) is 0 Å². The monoisotopic (exact) mass is 327 g/mol. The van der Waals surface area contributed by atoms with Gasteiger partial charge in [-0.3, -0.25) is 14.9 Å². The lowest BCUT2D eigenvalue weighted by Gasteiger charge is -2.26. The molecular formula is C15H22ClN3O3. The van der Waals surface area contributed by atoms with E-state index in [0.717, 1.165) is 25.7 Å².